The van der Waals surface area contributed by atoms with Crippen molar-refractivity contribution in [3.8, 4) is 0 Å². The van der Waals surface area contributed by atoms with Crippen molar-refractivity contribution < 1.29 is 4.79 Å². The van der Waals surface area contributed by atoms with Crippen molar-refractivity contribution in [2.75, 3.05) is 6.54 Å². The third-order valence-electron chi connectivity index (χ3n) is 4.22. The van der Waals surface area contributed by atoms with E-state index in [-0.39, 0.29) is 11.9 Å². The summed E-state index contributed by atoms with van der Waals surface area (Å²) in [6, 6.07) is 0.652. The van der Waals surface area contributed by atoms with Gasteiger partial charge in [-0.1, -0.05) is 27.2 Å². The minimum absolute atomic E-state index is 0.198. The van der Waals surface area contributed by atoms with E-state index in [2.05, 4.69) is 38.3 Å². The van der Waals surface area contributed by atoms with Crippen LogP contribution in [0.25, 0.3) is 0 Å². The summed E-state index contributed by atoms with van der Waals surface area (Å²) in [5, 5.41) is 6.57. The third kappa shape index (κ3) is 4.66. The van der Waals surface area contributed by atoms with Gasteiger partial charge >= 0.3 is 0 Å². The second-order valence-electron chi connectivity index (χ2n) is 5.63. The first-order valence-corrected chi connectivity index (χ1v) is 7.07. The molecule has 1 amide bonds. The minimum atomic E-state index is 0.198. The normalized spacial score (nSPS) is 28.5. The molecule has 3 nitrogen and oxygen atoms in total. The van der Waals surface area contributed by atoms with Gasteiger partial charge in [-0.25, -0.2) is 0 Å². The van der Waals surface area contributed by atoms with E-state index in [1.807, 2.05) is 0 Å². The fourth-order valence-corrected chi connectivity index (χ4v) is 2.40. The van der Waals surface area contributed by atoms with Crippen molar-refractivity contribution in [1.29, 1.82) is 0 Å². The van der Waals surface area contributed by atoms with Crippen LogP contribution in [-0.4, -0.2) is 24.5 Å². The van der Waals surface area contributed by atoms with E-state index >= 15 is 0 Å². The smallest absolute Gasteiger partial charge is 0.221 e. The first-order chi connectivity index (χ1) is 8.04. The summed E-state index contributed by atoms with van der Waals surface area (Å²) in [5.41, 5.74) is 0. The Hall–Kier alpha value is -0.570. The van der Waals surface area contributed by atoms with Gasteiger partial charge in [0, 0.05) is 18.5 Å². The average molecular weight is 240 g/mol. The number of piperidine rings is 1. The van der Waals surface area contributed by atoms with Crippen molar-refractivity contribution in [1.82, 2.24) is 10.6 Å². The SMILES string of the molecule is CCC(C)C(C)NC(=O)CC1NCCCC1C. The highest BCUT2D eigenvalue weighted by atomic mass is 16.1. The zero-order chi connectivity index (χ0) is 12.8. The van der Waals surface area contributed by atoms with Crippen molar-refractivity contribution >= 4 is 5.91 Å². The Balaban J connectivity index is 2.33. The quantitative estimate of drug-likeness (QED) is 0.774. The number of carbonyl (C=O) groups is 1. The van der Waals surface area contributed by atoms with Crippen LogP contribution in [0.3, 0.4) is 0 Å². The van der Waals surface area contributed by atoms with E-state index in [1.165, 1.54) is 12.8 Å². The highest BCUT2D eigenvalue weighted by molar-refractivity contribution is 5.76. The molecule has 4 atom stereocenters. The molecule has 0 bridgehead atoms. The Morgan fingerprint density at radius 3 is 2.76 bits per heavy atom. The Kier molecular flexibility index (Phi) is 5.96. The first kappa shape index (κ1) is 14.5. The lowest BCUT2D eigenvalue weighted by atomic mass is 9.90. The maximum atomic E-state index is 11.9. The van der Waals surface area contributed by atoms with Gasteiger partial charge in [-0.3, -0.25) is 4.79 Å². The Bertz CT molecular complexity index is 242. The van der Waals surface area contributed by atoms with Crippen molar-refractivity contribution in [3.63, 3.8) is 0 Å². The standard InChI is InChI=1S/C14H28N2O/c1-5-10(2)12(4)16-14(17)9-13-11(3)7-6-8-15-13/h10-13,15H,5-9H2,1-4H3,(H,16,17). The number of carbonyl (C=O) groups excluding carboxylic acids is 1. The van der Waals surface area contributed by atoms with E-state index in [9.17, 15) is 4.79 Å². The maximum Gasteiger partial charge on any atom is 0.221 e. The largest absolute Gasteiger partial charge is 0.353 e. The van der Waals surface area contributed by atoms with Crippen LogP contribution < -0.4 is 10.6 Å². The van der Waals surface area contributed by atoms with Gasteiger partial charge < -0.3 is 10.6 Å². The van der Waals surface area contributed by atoms with Gasteiger partial charge in [0.2, 0.25) is 5.91 Å². The van der Waals surface area contributed by atoms with E-state index in [0.29, 0.717) is 24.3 Å². The number of hydrogen-bond acceptors (Lipinski definition) is 2. The Labute approximate surface area is 106 Å². The zero-order valence-electron chi connectivity index (χ0n) is 11.8. The van der Waals surface area contributed by atoms with Crippen LogP contribution in [0.15, 0.2) is 0 Å². The topological polar surface area (TPSA) is 41.1 Å². The molecule has 0 aromatic rings. The van der Waals surface area contributed by atoms with Crippen LogP contribution in [-0.2, 0) is 4.79 Å². The number of nitrogens with one attached hydrogen (secondary N) is 2. The lowest BCUT2D eigenvalue weighted by Gasteiger charge is -2.30. The fourth-order valence-electron chi connectivity index (χ4n) is 2.40. The third-order valence-corrected chi connectivity index (χ3v) is 4.22. The van der Waals surface area contributed by atoms with Crippen molar-refractivity contribution in [3.05, 3.63) is 0 Å². The van der Waals surface area contributed by atoms with E-state index in [4.69, 9.17) is 0 Å². The highest BCUT2D eigenvalue weighted by Crippen LogP contribution is 2.18. The molecule has 1 saturated heterocycles. The molecular formula is C14H28N2O. The van der Waals surface area contributed by atoms with E-state index in [0.717, 1.165) is 13.0 Å². The Morgan fingerprint density at radius 1 is 1.47 bits per heavy atom. The van der Waals surface area contributed by atoms with Crippen LogP contribution in [0, 0.1) is 11.8 Å². The highest BCUT2D eigenvalue weighted by Gasteiger charge is 2.24. The van der Waals surface area contributed by atoms with Crippen LogP contribution in [0.4, 0.5) is 0 Å². The number of hydrogen-bond donors (Lipinski definition) is 2. The summed E-state index contributed by atoms with van der Waals surface area (Å²) in [4.78, 5) is 11.9. The molecule has 0 aromatic heterocycles. The summed E-state index contributed by atoms with van der Waals surface area (Å²) in [6.45, 7) is 9.75. The summed E-state index contributed by atoms with van der Waals surface area (Å²) in [7, 11) is 0. The van der Waals surface area contributed by atoms with Gasteiger partial charge in [-0.2, -0.15) is 0 Å². The molecule has 1 rings (SSSR count). The van der Waals surface area contributed by atoms with E-state index < -0.39 is 0 Å². The molecule has 1 heterocycles. The number of amides is 1. The predicted octanol–water partition coefficient (Wildman–Crippen LogP) is 2.32. The van der Waals surface area contributed by atoms with Crippen molar-refractivity contribution in [2.45, 2.75) is 65.5 Å². The molecule has 0 aliphatic carbocycles. The van der Waals surface area contributed by atoms with Gasteiger partial charge in [-0.15, -0.1) is 0 Å². The van der Waals surface area contributed by atoms with Crippen LogP contribution in [0.5, 0.6) is 0 Å². The van der Waals surface area contributed by atoms with Gasteiger partial charge in [0.15, 0.2) is 0 Å². The van der Waals surface area contributed by atoms with Crippen molar-refractivity contribution in [2.24, 2.45) is 11.8 Å². The minimum Gasteiger partial charge on any atom is -0.353 e. The first-order valence-electron chi connectivity index (χ1n) is 7.07. The van der Waals surface area contributed by atoms with Crippen LogP contribution in [0.1, 0.15) is 53.4 Å². The molecule has 17 heavy (non-hydrogen) atoms. The lowest BCUT2D eigenvalue weighted by Crippen LogP contribution is -2.45. The zero-order valence-corrected chi connectivity index (χ0v) is 11.8. The maximum absolute atomic E-state index is 11.9. The molecule has 4 unspecified atom stereocenters. The summed E-state index contributed by atoms with van der Waals surface area (Å²) in [5.74, 6) is 1.37. The summed E-state index contributed by atoms with van der Waals surface area (Å²) in [6.07, 6.45) is 4.22. The molecule has 1 aliphatic heterocycles. The molecule has 0 aromatic carbocycles. The van der Waals surface area contributed by atoms with Gasteiger partial charge in [0.25, 0.3) is 0 Å². The molecule has 0 spiro atoms. The summed E-state index contributed by atoms with van der Waals surface area (Å²) >= 11 is 0. The molecule has 1 aliphatic rings. The second-order valence-corrected chi connectivity index (χ2v) is 5.63. The van der Waals surface area contributed by atoms with Gasteiger partial charge in [-0.05, 0) is 38.1 Å². The molecular weight excluding hydrogens is 212 g/mol. The van der Waals surface area contributed by atoms with Gasteiger partial charge in [0.05, 0.1) is 0 Å². The molecule has 0 saturated carbocycles. The lowest BCUT2D eigenvalue weighted by molar-refractivity contribution is -0.122. The van der Waals surface area contributed by atoms with E-state index in [1.54, 1.807) is 0 Å². The average Bonchev–Trinajstić information content (AvgIpc) is 2.31. The predicted molar refractivity (Wildman–Crippen MR) is 71.9 cm³/mol. The number of rotatable bonds is 5. The monoisotopic (exact) mass is 240 g/mol. The van der Waals surface area contributed by atoms with Crippen LogP contribution >= 0.6 is 0 Å². The second kappa shape index (κ2) is 7.00. The molecule has 0 radical (unpaired) electrons. The molecule has 100 valence electrons. The fraction of sp³-hybridized carbons (Fsp3) is 0.929. The molecule has 1 fully saturated rings. The van der Waals surface area contributed by atoms with Crippen LogP contribution in [0.2, 0.25) is 0 Å². The summed E-state index contributed by atoms with van der Waals surface area (Å²) < 4.78 is 0. The Morgan fingerprint density at radius 2 is 2.18 bits per heavy atom. The van der Waals surface area contributed by atoms with Gasteiger partial charge in [0.1, 0.15) is 0 Å². The molecule has 3 heteroatoms. The molecule has 2 N–H and O–H groups in total.